The Morgan fingerprint density at radius 2 is 2.00 bits per heavy atom. The minimum atomic E-state index is 0.717. The lowest BCUT2D eigenvalue weighted by Gasteiger charge is -2.25. The molecular formula is C13H26N2. The van der Waals surface area contributed by atoms with Crippen molar-refractivity contribution in [2.75, 3.05) is 13.1 Å². The summed E-state index contributed by atoms with van der Waals surface area (Å²) in [4.78, 5) is 2.69. The fraction of sp³-hybridized carbons (Fsp3) is 1.00. The first-order chi connectivity index (χ1) is 7.20. The molecule has 2 atom stereocenters. The Bertz CT molecular complexity index is 199. The first kappa shape index (κ1) is 11.4. The average molecular weight is 210 g/mol. The summed E-state index contributed by atoms with van der Waals surface area (Å²) in [5.41, 5.74) is 0. The summed E-state index contributed by atoms with van der Waals surface area (Å²) in [6, 6.07) is 2.43. The first-order valence-electron chi connectivity index (χ1n) is 6.70. The zero-order chi connectivity index (χ0) is 10.8. The Balaban J connectivity index is 1.75. The molecule has 2 aliphatic rings. The maximum atomic E-state index is 3.84. The van der Waals surface area contributed by atoms with Gasteiger partial charge in [-0.15, -0.1) is 0 Å². The summed E-state index contributed by atoms with van der Waals surface area (Å²) < 4.78 is 0. The van der Waals surface area contributed by atoms with Gasteiger partial charge in [-0.3, -0.25) is 4.90 Å². The molecule has 1 saturated carbocycles. The van der Waals surface area contributed by atoms with Crippen molar-refractivity contribution in [1.82, 2.24) is 10.2 Å². The van der Waals surface area contributed by atoms with E-state index in [4.69, 9.17) is 0 Å². The van der Waals surface area contributed by atoms with Crippen LogP contribution in [0.3, 0.4) is 0 Å². The quantitative estimate of drug-likeness (QED) is 0.749. The predicted molar refractivity (Wildman–Crippen MR) is 65.1 cm³/mol. The molecule has 0 spiro atoms. The van der Waals surface area contributed by atoms with E-state index in [0.29, 0.717) is 6.04 Å². The van der Waals surface area contributed by atoms with E-state index in [9.17, 15) is 0 Å². The molecule has 0 radical (unpaired) electrons. The molecule has 1 saturated heterocycles. The molecule has 1 N–H and O–H groups in total. The van der Waals surface area contributed by atoms with Crippen LogP contribution in [0.1, 0.15) is 46.5 Å². The SMILES string of the molecule is CCC(NC1CCN(C2CC2)C1)C(C)C. The summed E-state index contributed by atoms with van der Waals surface area (Å²) in [5, 5.41) is 3.84. The molecular weight excluding hydrogens is 184 g/mol. The molecule has 1 aliphatic carbocycles. The molecule has 0 aromatic heterocycles. The fourth-order valence-electron chi connectivity index (χ4n) is 2.78. The molecule has 0 amide bonds. The Morgan fingerprint density at radius 3 is 2.53 bits per heavy atom. The smallest absolute Gasteiger partial charge is 0.0210 e. The minimum Gasteiger partial charge on any atom is -0.310 e. The number of hydrogen-bond acceptors (Lipinski definition) is 2. The van der Waals surface area contributed by atoms with Gasteiger partial charge in [0.1, 0.15) is 0 Å². The van der Waals surface area contributed by atoms with Gasteiger partial charge in [-0.05, 0) is 31.6 Å². The van der Waals surface area contributed by atoms with Crippen LogP contribution in [-0.2, 0) is 0 Å². The summed E-state index contributed by atoms with van der Waals surface area (Å²) in [5.74, 6) is 0.768. The summed E-state index contributed by atoms with van der Waals surface area (Å²) in [6.45, 7) is 9.58. The van der Waals surface area contributed by atoms with Crippen molar-refractivity contribution in [1.29, 1.82) is 0 Å². The molecule has 2 nitrogen and oxygen atoms in total. The Morgan fingerprint density at radius 1 is 1.27 bits per heavy atom. The number of likely N-dealkylation sites (tertiary alicyclic amines) is 1. The highest BCUT2D eigenvalue weighted by molar-refractivity contribution is 4.92. The van der Waals surface area contributed by atoms with Gasteiger partial charge in [0.2, 0.25) is 0 Å². The molecule has 2 rings (SSSR count). The van der Waals surface area contributed by atoms with Crippen LogP contribution in [0.4, 0.5) is 0 Å². The van der Waals surface area contributed by atoms with Crippen LogP contribution >= 0.6 is 0 Å². The van der Waals surface area contributed by atoms with Gasteiger partial charge in [0.25, 0.3) is 0 Å². The van der Waals surface area contributed by atoms with E-state index in [1.807, 2.05) is 0 Å². The van der Waals surface area contributed by atoms with Gasteiger partial charge in [0.05, 0.1) is 0 Å². The Hall–Kier alpha value is -0.0800. The van der Waals surface area contributed by atoms with Crippen molar-refractivity contribution >= 4 is 0 Å². The van der Waals surface area contributed by atoms with Gasteiger partial charge in [0, 0.05) is 31.2 Å². The molecule has 2 unspecified atom stereocenters. The highest BCUT2D eigenvalue weighted by atomic mass is 15.2. The van der Waals surface area contributed by atoms with Gasteiger partial charge < -0.3 is 5.32 Å². The maximum absolute atomic E-state index is 3.84. The van der Waals surface area contributed by atoms with Crippen molar-refractivity contribution in [2.45, 2.75) is 64.6 Å². The number of nitrogens with one attached hydrogen (secondary N) is 1. The van der Waals surface area contributed by atoms with Crippen LogP contribution in [0.15, 0.2) is 0 Å². The van der Waals surface area contributed by atoms with Gasteiger partial charge in [-0.1, -0.05) is 20.8 Å². The van der Waals surface area contributed by atoms with Gasteiger partial charge in [-0.2, -0.15) is 0 Å². The summed E-state index contributed by atoms with van der Waals surface area (Å²) >= 11 is 0. The lowest BCUT2D eigenvalue weighted by Crippen LogP contribution is -2.42. The average Bonchev–Trinajstić information content (AvgIpc) is 2.95. The van der Waals surface area contributed by atoms with E-state index in [2.05, 4.69) is 31.0 Å². The highest BCUT2D eigenvalue weighted by Crippen LogP contribution is 2.30. The molecule has 1 aliphatic heterocycles. The normalized spacial score (nSPS) is 30.0. The van der Waals surface area contributed by atoms with Gasteiger partial charge in [0.15, 0.2) is 0 Å². The number of rotatable bonds is 5. The van der Waals surface area contributed by atoms with Crippen LogP contribution in [0.5, 0.6) is 0 Å². The second-order valence-electron chi connectivity index (χ2n) is 5.64. The molecule has 88 valence electrons. The second-order valence-corrected chi connectivity index (χ2v) is 5.64. The van der Waals surface area contributed by atoms with Crippen molar-refractivity contribution in [2.24, 2.45) is 5.92 Å². The molecule has 1 heterocycles. The van der Waals surface area contributed by atoms with E-state index in [-0.39, 0.29) is 0 Å². The van der Waals surface area contributed by atoms with Crippen molar-refractivity contribution in [3.63, 3.8) is 0 Å². The third kappa shape index (κ3) is 2.94. The zero-order valence-corrected chi connectivity index (χ0v) is 10.5. The summed E-state index contributed by atoms with van der Waals surface area (Å²) in [7, 11) is 0. The Kier molecular flexibility index (Phi) is 3.68. The van der Waals surface area contributed by atoms with Crippen LogP contribution < -0.4 is 5.32 Å². The maximum Gasteiger partial charge on any atom is 0.0210 e. The third-order valence-electron chi connectivity index (χ3n) is 3.98. The van der Waals surface area contributed by atoms with Crippen LogP contribution in [0.2, 0.25) is 0 Å². The molecule has 0 bridgehead atoms. The fourth-order valence-corrected chi connectivity index (χ4v) is 2.78. The van der Waals surface area contributed by atoms with Crippen LogP contribution in [0.25, 0.3) is 0 Å². The first-order valence-corrected chi connectivity index (χ1v) is 6.70. The van der Waals surface area contributed by atoms with Crippen LogP contribution in [0, 0.1) is 5.92 Å². The molecule has 0 aromatic rings. The number of nitrogens with zero attached hydrogens (tertiary/aromatic N) is 1. The lowest BCUT2D eigenvalue weighted by molar-refractivity contribution is 0.298. The van der Waals surface area contributed by atoms with Gasteiger partial charge in [-0.25, -0.2) is 0 Å². The lowest BCUT2D eigenvalue weighted by atomic mass is 10.0. The zero-order valence-electron chi connectivity index (χ0n) is 10.5. The number of hydrogen-bond donors (Lipinski definition) is 1. The Labute approximate surface area is 94.4 Å². The van der Waals surface area contributed by atoms with Crippen molar-refractivity contribution in [3.05, 3.63) is 0 Å². The van der Waals surface area contributed by atoms with E-state index in [1.54, 1.807) is 0 Å². The van der Waals surface area contributed by atoms with E-state index < -0.39 is 0 Å². The largest absolute Gasteiger partial charge is 0.310 e. The standard InChI is InChI=1S/C13H26N2/c1-4-13(10(2)3)14-11-7-8-15(9-11)12-5-6-12/h10-14H,4-9H2,1-3H3. The predicted octanol–water partition coefficient (Wildman–Crippen LogP) is 2.25. The minimum absolute atomic E-state index is 0.717. The van der Waals surface area contributed by atoms with Gasteiger partial charge >= 0.3 is 0 Å². The van der Waals surface area contributed by atoms with Crippen molar-refractivity contribution < 1.29 is 0 Å². The van der Waals surface area contributed by atoms with E-state index in [0.717, 1.165) is 18.0 Å². The highest BCUT2D eigenvalue weighted by Gasteiger charge is 2.34. The molecule has 15 heavy (non-hydrogen) atoms. The molecule has 2 fully saturated rings. The van der Waals surface area contributed by atoms with E-state index >= 15 is 0 Å². The van der Waals surface area contributed by atoms with Crippen LogP contribution in [-0.4, -0.2) is 36.1 Å². The third-order valence-corrected chi connectivity index (χ3v) is 3.98. The molecule has 0 aromatic carbocycles. The topological polar surface area (TPSA) is 15.3 Å². The second kappa shape index (κ2) is 4.84. The molecule has 2 heteroatoms. The monoisotopic (exact) mass is 210 g/mol. The summed E-state index contributed by atoms with van der Waals surface area (Å²) in [6.07, 6.45) is 5.53. The van der Waals surface area contributed by atoms with E-state index in [1.165, 1.54) is 38.8 Å². The van der Waals surface area contributed by atoms with Crippen molar-refractivity contribution in [3.8, 4) is 0 Å².